The summed E-state index contributed by atoms with van der Waals surface area (Å²) in [5.41, 5.74) is 0.0752. The lowest BCUT2D eigenvalue weighted by Crippen LogP contribution is -2.33. The summed E-state index contributed by atoms with van der Waals surface area (Å²) < 4.78 is 31.8. The van der Waals surface area contributed by atoms with Crippen LogP contribution in [0.3, 0.4) is 0 Å². The third kappa shape index (κ3) is 4.84. The molecule has 1 aliphatic rings. The Labute approximate surface area is 154 Å². The van der Waals surface area contributed by atoms with Gasteiger partial charge in [0.25, 0.3) is 0 Å². The van der Waals surface area contributed by atoms with Gasteiger partial charge in [0, 0.05) is 13.1 Å². The molecule has 1 aromatic rings. The van der Waals surface area contributed by atoms with Crippen LogP contribution in [0.5, 0.6) is 0 Å². The fourth-order valence-corrected chi connectivity index (χ4v) is 4.13. The summed E-state index contributed by atoms with van der Waals surface area (Å²) in [5.74, 6) is -0.296. The number of ether oxygens (including phenoxy) is 1. The molecule has 1 unspecified atom stereocenters. The molecule has 0 radical (unpaired) electrons. The first-order chi connectivity index (χ1) is 11.7. The second-order valence-corrected chi connectivity index (χ2v) is 8.91. The zero-order chi connectivity index (χ0) is 18.6. The number of nitrogens with zero attached hydrogens (tertiary/aromatic N) is 1. The van der Waals surface area contributed by atoms with Gasteiger partial charge in [-0.1, -0.05) is 23.8 Å². The van der Waals surface area contributed by atoms with Crippen molar-refractivity contribution in [1.82, 2.24) is 4.31 Å². The number of benzene rings is 1. The molecule has 7 heteroatoms. The van der Waals surface area contributed by atoms with Crippen LogP contribution >= 0.6 is 11.6 Å². The van der Waals surface area contributed by atoms with Crippen molar-refractivity contribution in [3.8, 4) is 0 Å². The highest BCUT2D eigenvalue weighted by Crippen LogP contribution is 2.25. The Morgan fingerprint density at radius 2 is 2.08 bits per heavy atom. The topological polar surface area (TPSA) is 63.7 Å². The van der Waals surface area contributed by atoms with Crippen LogP contribution in [0.2, 0.25) is 5.02 Å². The Kier molecular flexibility index (Phi) is 6.65. The number of allylic oxidation sites excluding steroid dienone is 2. The third-order valence-corrected chi connectivity index (χ3v) is 6.75. The number of esters is 1. The van der Waals surface area contributed by atoms with Gasteiger partial charge in [0.2, 0.25) is 10.0 Å². The third-order valence-electron chi connectivity index (χ3n) is 4.39. The van der Waals surface area contributed by atoms with Crippen LogP contribution in [-0.4, -0.2) is 38.4 Å². The van der Waals surface area contributed by atoms with Crippen LogP contribution in [-0.2, 0) is 14.8 Å². The minimum atomic E-state index is -3.69. The maximum absolute atomic E-state index is 12.6. The molecule has 2 rings (SSSR count). The van der Waals surface area contributed by atoms with Crippen molar-refractivity contribution in [2.24, 2.45) is 5.92 Å². The van der Waals surface area contributed by atoms with E-state index in [0.29, 0.717) is 12.5 Å². The van der Waals surface area contributed by atoms with E-state index in [-0.39, 0.29) is 21.5 Å². The average Bonchev–Trinajstić information content (AvgIpc) is 2.60. The molecule has 0 aromatic heterocycles. The zero-order valence-electron chi connectivity index (χ0n) is 14.7. The van der Waals surface area contributed by atoms with Crippen molar-refractivity contribution in [3.05, 3.63) is 40.9 Å². The quantitative estimate of drug-likeness (QED) is 0.550. The smallest absolute Gasteiger partial charge is 0.339 e. The number of hydrogen-bond donors (Lipinski definition) is 0. The zero-order valence-corrected chi connectivity index (χ0v) is 16.3. The second kappa shape index (κ2) is 8.34. The van der Waals surface area contributed by atoms with Crippen LogP contribution < -0.4 is 0 Å². The predicted molar refractivity (Wildman–Crippen MR) is 98.3 cm³/mol. The Morgan fingerprint density at radius 3 is 2.68 bits per heavy atom. The Bertz CT molecular complexity index is 758. The molecule has 0 spiro atoms. The summed E-state index contributed by atoms with van der Waals surface area (Å²) in [7, 11) is -2.19. The number of halogens is 1. The van der Waals surface area contributed by atoms with Gasteiger partial charge in [-0.2, -0.15) is 4.31 Å². The van der Waals surface area contributed by atoms with Gasteiger partial charge in [-0.25, -0.2) is 13.2 Å². The van der Waals surface area contributed by atoms with Crippen molar-refractivity contribution < 1.29 is 17.9 Å². The van der Waals surface area contributed by atoms with Crippen LogP contribution in [0.4, 0.5) is 0 Å². The molecular weight excluding hydrogens is 362 g/mol. The molecule has 1 aromatic carbocycles. The molecule has 0 N–H and O–H groups in total. The second-order valence-electron chi connectivity index (χ2n) is 6.51. The van der Waals surface area contributed by atoms with Gasteiger partial charge in [-0.3, -0.25) is 0 Å². The first-order valence-electron chi connectivity index (χ1n) is 8.33. The van der Waals surface area contributed by atoms with E-state index in [0.717, 1.165) is 19.3 Å². The average molecular weight is 386 g/mol. The highest BCUT2D eigenvalue weighted by atomic mass is 35.5. The molecule has 0 saturated heterocycles. The summed E-state index contributed by atoms with van der Waals surface area (Å²) >= 11 is 6.08. The van der Waals surface area contributed by atoms with Crippen LogP contribution in [0.15, 0.2) is 35.2 Å². The first-order valence-corrected chi connectivity index (χ1v) is 10.1. The van der Waals surface area contributed by atoms with E-state index < -0.39 is 16.0 Å². The summed E-state index contributed by atoms with van der Waals surface area (Å²) in [6.07, 6.45) is 7.05. The number of sulfonamides is 1. The molecule has 0 aliphatic heterocycles. The SMILES string of the molecule is CC(C)N(C)S(=O)(=O)c1ccc(Cl)c(C(=O)OCC2CC=CCC2)c1. The van der Waals surface area contributed by atoms with Gasteiger partial charge in [0.1, 0.15) is 0 Å². The standard InChI is InChI=1S/C18H24ClNO4S/c1-13(2)20(3)25(22,23)15-9-10-17(19)16(11-15)18(21)24-12-14-7-5-4-6-8-14/h4-5,9-11,13-14H,6-8,12H2,1-3H3. The fourth-order valence-electron chi connectivity index (χ4n) is 2.54. The normalized spacial score (nSPS) is 17.9. The number of hydrogen-bond acceptors (Lipinski definition) is 4. The molecule has 138 valence electrons. The number of rotatable bonds is 6. The highest BCUT2D eigenvalue weighted by Gasteiger charge is 2.25. The Balaban J connectivity index is 2.18. The molecular formula is C18H24ClNO4S. The van der Waals surface area contributed by atoms with Crippen molar-refractivity contribution in [1.29, 1.82) is 0 Å². The molecule has 0 saturated carbocycles. The first kappa shape index (κ1) is 19.9. The van der Waals surface area contributed by atoms with E-state index in [9.17, 15) is 13.2 Å². The van der Waals surface area contributed by atoms with E-state index in [1.807, 2.05) is 0 Å². The van der Waals surface area contributed by atoms with Gasteiger partial charge in [-0.05, 0) is 57.2 Å². The van der Waals surface area contributed by atoms with Gasteiger partial charge in [-0.15, -0.1) is 0 Å². The summed E-state index contributed by atoms with van der Waals surface area (Å²) in [4.78, 5) is 12.4. The molecule has 0 bridgehead atoms. The van der Waals surface area contributed by atoms with Crippen LogP contribution in [0.25, 0.3) is 0 Å². The van der Waals surface area contributed by atoms with E-state index in [1.54, 1.807) is 13.8 Å². The van der Waals surface area contributed by atoms with E-state index in [4.69, 9.17) is 16.3 Å². The molecule has 1 atom stereocenters. The number of carbonyl (C=O) groups is 1. The molecule has 0 amide bonds. The minimum absolute atomic E-state index is 0.0284. The van der Waals surface area contributed by atoms with E-state index >= 15 is 0 Å². The lowest BCUT2D eigenvalue weighted by atomic mass is 9.95. The Hall–Kier alpha value is -1.37. The maximum Gasteiger partial charge on any atom is 0.339 e. The van der Waals surface area contributed by atoms with Gasteiger partial charge >= 0.3 is 5.97 Å². The number of carbonyl (C=O) groups excluding carboxylic acids is 1. The van der Waals surface area contributed by atoms with Crippen molar-refractivity contribution >= 4 is 27.6 Å². The van der Waals surface area contributed by atoms with Crippen LogP contribution in [0.1, 0.15) is 43.5 Å². The highest BCUT2D eigenvalue weighted by molar-refractivity contribution is 7.89. The maximum atomic E-state index is 12.6. The van der Waals surface area contributed by atoms with Crippen molar-refractivity contribution in [2.75, 3.05) is 13.7 Å². The molecule has 5 nitrogen and oxygen atoms in total. The van der Waals surface area contributed by atoms with Gasteiger partial charge in [0.15, 0.2) is 0 Å². The molecule has 25 heavy (non-hydrogen) atoms. The van der Waals surface area contributed by atoms with E-state index in [2.05, 4.69) is 12.2 Å². The molecule has 1 aliphatic carbocycles. The van der Waals surface area contributed by atoms with Crippen molar-refractivity contribution in [3.63, 3.8) is 0 Å². The van der Waals surface area contributed by atoms with E-state index in [1.165, 1.54) is 29.6 Å². The summed E-state index contributed by atoms with van der Waals surface area (Å²) in [6.45, 7) is 3.87. The largest absolute Gasteiger partial charge is 0.462 e. The lowest BCUT2D eigenvalue weighted by Gasteiger charge is -2.21. The minimum Gasteiger partial charge on any atom is -0.462 e. The van der Waals surface area contributed by atoms with Crippen molar-refractivity contribution in [2.45, 2.75) is 44.0 Å². The predicted octanol–water partition coefficient (Wildman–Crippen LogP) is 3.88. The van der Waals surface area contributed by atoms with Crippen LogP contribution in [0, 0.1) is 5.92 Å². The molecule has 0 heterocycles. The van der Waals surface area contributed by atoms with Gasteiger partial charge in [0.05, 0.1) is 22.1 Å². The summed E-state index contributed by atoms with van der Waals surface area (Å²) in [6, 6.07) is 3.91. The fraction of sp³-hybridized carbons (Fsp3) is 0.500. The summed E-state index contributed by atoms with van der Waals surface area (Å²) in [5, 5.41) is 0.180. The van der Waals surface area contributed by atoms with Gasteiger partial charge < -0.3 is 4.74 Å². The Morgan fingerprint density at radius 1 is 1.36 bits per heavy atom. The monoisotopic (exact) mass is 385 g/mol. The molecule has 0 fully saturated rings. The lowest BCUT2D eigenvalue weighted by molar-refractivity contribution is 0.0432.